The lowest BCUT2D eigenvalue weighted by atomic mass is 10.0. The molecule has 2 amide bonds. The SMILES string of the molecule is CCOC(=O)CNC(=O)[C@@H](CC(C)C)NC(=O)OC(C)(C)C. The van der Waals surface area contributed by atoms with Crippen LogP contribution in [0.25, 0.3) is 0 Å². The van der Waals surface area contributed by atoms with E-state index in [1.165, 1.54) is 0 Å². The monoisotopic (exact) mass is 316 g/mol. The van der Waals surface area contributed by atoms with E-state index in [2.05, 4.69) is 10.6 Å². The second-order valence-electron chi connectivity index (χ2n) is 6.35. The molecule has 22 heavy (non-hydrogen) atoms. The van der Waals surface area contributed by atoms with Gasteiger partial charge in [0.15, 0.2) is 0 Å². The molecule has 0 rings (SSSR count). The number of hydrogen-bond acceptors (Lipinski definition) is 5. The van der Waals surface area contributed by atoms with Crippen LogP contribution in [-0.4, -0.2) is 42.8 Å². The van der Waals surface area contributed by atoms with Gasteiger partial charge in [-0.25, -0.2) is 4.79 Å². The van der Waals surface area contributed by atoms with E-state index in [9.17, 15) is 14.4 Å². The number of rotatable bonds is 7. The Bertz CT molecular complexity index is 388. The molecular weight excluding hydrogens is 288 g/mol. The molecule has 0 saturated heterocycles. The standard InChI is InChI=1S/C15H28N2O5/c1-7-21-12(18)9-16-13(19)11(8-10(2)3)17-14(20)22-15(4,5)6/h10-11H,7-9H2,1-6H3,(H,16,19)(H,17,20)/t11-/m1/s1. The maximum Gasteiger partial charge on any atom is 0.408 e. The Balaban J connectivity index is 4.58. The molecule has 0 fully saturated rings. The third-order valence-electron chi connectivity index (χ3n) is 2.43. The normalized spacial score (nSPS) is 12.5. The van der Waals surface area contributed by atoms with Gasteiger partial charge in [0.1, 0.15) is 18.2 Å². The average molecular weight is 316 g/mol. The smallest absolute Gasteiger partial charge is 0.408 e. The summed E-state index contributed by atoms with van der Waals surface area (Å²) in [5.74, 6) is -0.766. The lowest BCUT2D eigenvalue weighted by molar-refractivity contribution is -0.143. The van der Waals surface area contributed by atoms with Gasteiger partial charge >= 0.3 is 12.1 Å². The minimum absolute atomic E-state index is 0.188. The fourth-order valence-corrected chi connectivity index (χ4v) is 1.65. The van der Waals surface area contributed by atoms with Crippen molar-refractivity contribution in [3.05, 3.63) is 0 Å². The summed E-state index contributed by atoms with van der Waals surface area (Å²) in [6, 6.07) is -0.760. The van der Waals surface area contributed by atoms with Gasteiger partial charge in [-0.15, -0.1) is 0 Å². The number of hydrogen-bond donors (Lipinski definition) is 2. The van der Waals surface area contributed by atoms with E-state index in [0.717, 1.165) is 0 Å². The summed E-state index contributed by atoms with van der Waals surface area (Å²) < 4.78 is 9.88. The van der Waals surface area contributed by atoms with Crippen molar-refractivity contribution in [3.63, 3.8) is 0 Å². The molecule has 0 radical (unpaired) electrons. The summed E-state index contributed by atoms with van der Waals surface area (Å²) in [5.41, 5.74) is -0.645. The highest BCUT2D eigenvalue weighted by Crippen LogP contribution is 2.09. The topological polar surface area (TPSA) is 93.7 Å². The van der Waals surface area contributed by atoms with Crippen molar-refractivity contribution >= 4 is 18.0 Å². The summed E-state index contributed by atoms with van der Waals surface area (Å²) in [5, 5.41) is 4.99. The molecule has 128 valence electrons. The van der Waals surface area contributed by atoms with E-state index in [1.54, 1.807) is 27.7 Å². The van der Waals surface area contributed by atoms with E-state index >= 15 is 0 Å². The van der Waals surface area contributed by atoms with Crippen LogP contribution in [0.4, 0.5) is 4.79 Å². The minimum Gasteiger partial charge on any atom is -0.465 e. The van der Waals surface area contributed by atoms with Gasteiger partial charge in [0, 0.05) is 0 Å². The van der Waals surface area contributed by atoms with Gasteiger partial charge in [0.05, 0.1) is 6.61 Å². The van der Waals surface area contributed by atoms with Gasteiger partial charge in [-0.1, -0.05) is 13.8 Å². The number of alkyl carbamates (subject to hydrolysis) is 1. The summed E-state index contributed by atoms with van der Waals surface area (Å²) in [6.45, 7) is 10.8. The van der Waals surface area contributed by atoms with Crippen molar-refractivity contribution in [2.24, 2.45) is 5.92 Å². The fourth-order valence-electron chi connectivity index (χ4n) is 1.65. The Kier molecular flexibility index (Phi) is 8.52. The molecule has 0 saturated carbocycles. The van der Waals surface area contributed by atoms with Gasteiger partial charge in [-0.2, -0.15) is 0 Å². The zero-order valence-corrected chi connectivity index (χ0v) is 14.3. The minimum atomic E-state index is -0.760. The maximum atomic E-state index is 12.1. The molecular formula is C15H28N2O5. The van der Waals surface area contributed by atoms with Crippen LogP contribution < -0.4 is 10.6 Å². The van der Waals surface area contributed by atoms with Crippen LogP contribution in [0.5, 0.6) is 0 Å². The molecule has 0 aliphatic rings. The summed E-state index contributed by atoms with van der Waals surface area (Å²) in [7, 11) is 0. The number of esters is 1. The molecule has 0 spiro atoms. The lowest BCUT2D eigenvalue weighted by Crippen LogP contribution is -2.49. The first-order chi connectivity index (χ1) is 10.0. The molecule has 0 aromatic carbocycles. The van der Waals surface area contributed by atoms with E-state index in [0.29, 0.717) is 6.42 Å². The average Bonchev–Trinajstić information content (AvgIpc) is 2.32. The van der Waals surface area contributed by atoms with E-state index in [-0.39, 0.29) is 19.1 Å². The number of nitrogens with one attached hydrogen (secondary N) is 2. The molecule has 0 aromatic rings. The molecule has 2 N–H and O–H groups in total. The molecule has 1 atom stereocenters. The van der Waals surface area contributed by atoms with Crippen LogP contribution in [0.15, 0.2) is 0 Å². The van der Waals surface area contributed by atoms with Gasteiger partial charge in [0.2, 0.25) is 5.91 Å². The molecule has 0 aromatic heterocycles. The Morgan fingerprint density at radius 1 is 1.14 bits per heavy atom. The van der Waals surface area contributed by atoms with Gasteiger partial charge in [-0.05, 0) is 40.0 Å². The van der Waals surface area contributed by atoms with Crippen LogP contribution in [0, 0.1) is 5.92 Å². The van der Waals surface area contributed by atoms with E-state index in [4.69, 9.17) is 9.47 Å². The molecule has 0 unspecified atom stereocenters. The van der Waals surface area contributed by atoms with E-state index < -0.39 is 29.6 Å². The second-order valence-corrected chi connectivity index (χ2v) is 6.35. The van der Waals surface area contributed by atoms with E-state index in [1.807, 2.05) is 13.8 Å². The van der Waals surface area contributed by atoms with Crippen LogP contribution in [0.3, 0.4) is 0 Å². The third-order valence-corrected chi connectivity index (χ3v) is 2.43. The molecule has 0 aliphatic carbocycles. The zero-order chi connectivity index (χ0) is 17.3. The Hall–Kier alpha value is -1.79. The number of carbonyl (C=O) groups is 3. The van der Waals surface area contributed by atoms with Crippen LogP contribution >= 0.6 is 0 Å². The predicted molar refractivity (Wildman–Crippen MR) is 82.3 cm³/mol. The highest BCUT2D eigenvalue weighted by Gasteiger charge is 2.25. The van der Waals surface area contributed by atoms with Crippen LogP contribution in [0.1, 0.15) is 48.0 Å². The molecule has 0 heterocycles. The number of ether oxygens (including phenoxy) is 2. The van der Waals surface area contributed by atoms with Crippen molar-refractivity contribution in [1.82, 2.24) is 10.6 Å². The highest BCUT2D eigenvalue weighted by atomic mass is 16.6. The second kappa shape index (κ2) is 9.27. The van der Waals surface area contributed by atoms with Crippen molar-refractivity contribution in [1.29, 1.82) is 0 Å². The Morgan fingerprint density at radius 3 is 2.18 bits per heavy atom. The molecule has 7 nitrogen and oxygen atoms in total. The Labute approximate surface area is 132 Å². The highest BCUT2D eigenvalue weighted by molar-refractivity contribution is 5.88. The first-order valence-electron chi connectivity index (χ1n) is 7.48. The summed E-state index contributed by atoms with van der Waals surface area (Å²) in [4.78, 5) is 35.1. The number of amides is 2. The van der Waals surface area contributed by atoms with Crippen molar-refractivity contribution in [2.45, 2.75) is 59.6 Å². The van der Waals surface area contributed by atoms with Gasteiger partial charge < -0.3 is 20.1 Å². The first-order valence-corrected chi connectivity index (χ1v) is 7.48. The van der Waals surface area contributed by atoms with Crippen LogP contribution in [-0.2, 0) is 19.1 Å². The van der Waals surface area contributed by atoms with Gasteiger partial charge in [-0.3, -0.25) is 9.59 Å². The van der Waals surface area contributed by atoms with Crippen molar-refractivity contribution < 1.29 is 23.9 Å². The predicted octanol–water partition coefficient (Wildman–Crippen LogP) is 1.61. The molecule has 0 aliphatic heterocycles. The first kappa shape index (κ1) is 20.2. The molecule has 7 heteroatoms. The lowest BCUT2D eigenvalue weighted by Gasteiger charge is -2.24. The van der Waals surface area contributed by atoms with Crippen molar-refractivity contribution in [2.75, 3.05) is 13.2 Å². The summed E-state index contributed by atoms with van der Waals surface area (Å²) >= 11 is 0. The number of carbonyl (C=O) groups excluding carboxylic acids is 3. The zero-order valence-electron chi connectivity index (χ0n) is 14.3. The Morgan fingerprint density at radius 2 is 1.73 bits per heavy atom. The largest absolute Gasteiger partial charge is 0.465 e. The maximum absolute atomic E-state index is 12.1. The van der Waals surface area contributed by atoms with Gasteiger partial charge in [0.25, 0.3) is 0 Å². The van der Waals surface area contributed by atoms with Crippen molar-refractivity contribution in [3.8, 4) is 0 Å². The third kappa shape index (κ3) is 10.0. The summed E-state index contributed by atoms with van der Waals surface area (Å²) in [6.07, 6.45) is -0.224. The quantitative estimate of drug-likeness (QED) is 0.696. The van der Waals surface area contributed by atoms with Crippen LogP contribution in [0.2, 0.25) is 0 Å². The fraction of sp³-hybridized carbons (Fsp3) is 0.800. The molecule has 0 bridgehead atoms.